The average molecular weight is 606 g/mol. The molecule has 1 saturated heterocycles. The summed E-state index contributed by atoms with van der Waals surface area (Å²) >= 11 is 0. The number of alkyl carbamates (subject to hydrolysis) is 1. The maximum Gasteiger partial charge on any atom is 0.408 e. The Bertz CT molecular complexity index is 1360. The number of hydrazone groups is 1. The van der Waals surface area contributed by atoms with Crippen LogP contribution >= 0.6 is 0 Å². The molecule has 0 radical (unpaired) electrons. The highest BCUT2D eigenvalue weighted by molar-refractivity contribution is 6.13. The first-order valence-corrected chi connectivity index (χ1v) is 15.0. The number of nitrogens with one attached hydrogen (secondary N) is 2. The van der Waals surface area contributed by atoms with E-state index in [-0.39, 0.29) is 38.0 Å². The van der Waals surface area contributed by atoms with E-state index in [1.54, 1.807) is 39.6 Å². The van der Waals surface area contributed by atoms with Crippen molar-refractivity contribution in [3.8, 4) is 0 Å². The van der Waals surface area contributed by atoms with Crippen LogP contribution in [0.3, 0.4) is 0 Å². The normalized spacial score (nSPS) is 19.5. The van der Waals surface area contributed by atoms with Gasteiger partial charge in [-0.05, 0) is 44.7 Å². The van der Waals surface area contributed by atoms with Crippen LogP contribution in [0, 0.1) is 5.41 Å². The van der Waals surface area contributed by atoms with E-state index in [9.17, 15) is 19.2 Å². The van der Waals surface area contributed by atoms with Crippen LogP contribution in [0.25, 0.3) is 0 Å². The van der Waals surface area contributed by atoms with Crippen LogP contribution in [-0.2, 0) is 36.9 Å². The minimum atomic E-state index is -1.05. The highest BCUT2D eigenvalue weighted by Gasteiger charge is 2.54. The standard InChI is InChI=1S/C33H43N5O6/c1-6-25(35-31(42)44-32(2,3)4)28(39)34-26(21-43-20-24-15-11-8-12-16-24)29(40)38-18-17-27-33(22-38,30(41)37(5)36-27)19-23-13-9-7-10-14-23/h7-16,25-26H,6,17-22H2,1-5H3,(H,34,39)(H,35,42)/t25?,26-,33-/m1/s1. The second-order valence-electron chi connectivity index (χ2n) is 12.3. The van der Waals surface area contributed by atoms with Crippen LogP contribution in [-0.4, -0.2) is 83.9 Å². The molecular weight excluding hydrogens is 562 g/mol. The van der Waals surface area contributed by atoms with E-state index in [2.05, 4.69) is 15.7 Å². The molecular formula is C33H43N5O6. The van der Waals surface area contributed by atoms with Crippen LogP contribution in [0.1, 0.15) is 51.7 Å². The number of rotatable bonds is 11. The van der Waals surface area contributed by atoms with Crippen molar-refractivity contribution in [3.05, 3.63) is 71.8 Å². The molecule has 11 nitrogen and oxygen atoms in total. The molecule has 0 spiro atoms. The molecule has 2 aromatic carbocycles. The third-order valence-corrected chi connectivity index (χ3v) is 7.69. The number of fused-ring (bicyclic) bond motifs is 1. The first-order chi connectivity index (χ1) is 20.9. The topological polar surface area (TPSA) is 130 Å². The van der Waals surface area contributed by atoms with Crippen LogP contribution in [0.2, 0.25) is 0 Å². The number of hydrogen-bond acceptors (Lipinski definition) is 7. The monoisotopic (exact) mass is 605 g/mol. The fraction of sp³-hybridized carbons (Fsp3) is 0.485. The number of likely N-dealkylation sites (tertiary alicyclic amines) is 1. The summed E-state index contributed by atoms with van der Waals surface area (Å²) < 4.78 is 11.3. The molecule has 1 unspecified atom stereocenters. The van der Waals surface area contributed by atoms with Gasteiger partial charge in [0.25, 0.3) is 5.91 Å². The molecule has 2 aliphatic heterocycles. The van der Waals surface area contributed by atoms with Crippen LogP contribution in [0.15, 0.2) is 65.8 Å². The van der Waals surface area contributed by atoms with Crippen LogP contribution < -0.4 is 10.6 Å². The predicted molar refractivity (Wildman–Crippen MR) is 165 cm³/mol. The van der Waals surface area contributed by atoms with Crippen molar-refractivity contribution in [3.63, 3.8) is 0 Å². The Hall–Kier alpha value is -4.25. The summed E-state index contributed by atoms with van der Waals surface area (Å²) in [6.07, 6.45) is 0.385. The Labute approximate surface area is 258 Å². The van der Waals surface area contributed by atoms with Crippen molar-refractivity contribution in [2.24, 2.45) is 10.5 Å². The largest absolute Gasteiger partial charge is 0.444 e. The Morgan fingerprint density at radius 1 is 0.977 bits per heavy atom. The molecule has 0 aliphatic carbocycles. The van der Waals surface area contributed by atoms with Gasteiger partial charge in [-0.3, -0.25) is 14.4 Å². The summed E-state index contributed by atoms with van der Waals surface area (Å²) in [6.45, 7) is 7.57. The van der Waals surface area contributed by atoms with Crippen molar-refractivity contribution in [1.82, 2.24) is 20.5 Å². The molecule has 2 aliphatic rings. The van der Waals surface area contributed by atoms with E-state index in [1.165, 1.54) is 5.01 Å². The number of piperidine rings is 1. The van der Waals surface area contributed by atoms with Crippen molar-refractivity contribution < 1.29 is 28.7 Å². The maximum absolute atomic E-state index is 14.1. The van der Waals surface area contributed by atoms with Crippen molar-refractivity contribution in [2.45, 2.75) is 71.2 Å². The Balaban J connectivity index is 1.53. The number of ether oxygens (including phenoxy) is 2. The van der Waals surface area contributed by atoms with Crippen LogP contribution in [0.5, 0.6) is 0 Å². The smallest absolute Gasteiger partial charge is 0.408 e. The van der Waals surface area contributed by atoms with Crippen molar-refractivity contribution >= 4 is 29.5 Å². The molecule has 11 heteroatoms. The minimum Gasteiger partial charge on any atom is -0.444 e. The Morgan fingerprint density at radius 3 is 2.23 bits per heavy atom. The zero-order valence-corrected chi connectivity index (χ0v) is 26.2. The summed E-state index contributed by atoms with van der Waals surface area (Å²) in [5.41, 5.74) is 0.914. The van der Waals surface area contributed by atoms with Gasteiger partial charge in [0, 0.05) is 26.6 Å². The van der Waals surface area contributed by atoms with Crippen LogP contribution in [0.4, 0.5) is 4.79 Å². The molecule has 2 aromatic rings. The number of amides is 4. The van der Waals surface area contributed by atoms with Crippen molar-refractivity contribution in [1.29, 1.82) is 0 Å². The molecule has 0 bridgehead atoms. The number of nitrogens with zero attached hydrogens (tertiary/aromatic N) is 3. The van der Waals surface area contributed by atoms with Gasteiger partial charge in [0.2, 0.25) is 11.8 Å². The minimum absolute atomic E-state index is 0.0979. The fourth-order valence-electron chi connectivity index (χ4n) is 5.55. The summed E-state index contributed by atoms with van der Waals surface area (Å²) in [5.74, 6) is -1.07. The highest BCUT2D eigenvalue weighted by atomic mass is 16.6. The van der Waals surface area contributed by atoms with Crippen molar-refractivity contribution in [2.75, 3.05) is 26.7 Å². The van der Waals surface area contributed by atoms with E-state index in [0.717, 1.165) is 16.8 Å². The number of carbonyl (C=O) groups excluding carboxylic acids is 4. The first kappa shape index (κ1) is 32.7. The van der Waals surface area contributed by atoms with Gasteiger partial charge in [0.15, 0.2) is 0 Å². The molecule has 2 heterocycles. The highest BCUT2D eigenvalue weighted by Crippen LogP contribution is 2.38. The predicted octanol–water partition coefficient (Wildman–Crippen LogP) is 3.28. The SMILES string of the molecule is CCC(NC(=O)OC(C)(C)C)C(=O)N[C@H](COCc1ccccc1)C(=O)N1CCC2=NN(C)C(=O)[C@]2(Cc2ccccc2)C1. The lowest BCUT2D eigenvalue weighted by Crippen LogP contribution is -2.61. The van der Waals surface area contributed by atoms with Gasteiger partial charge in [-0.2, -0.15) is 5.10 Å². The second-order valence-corrected chi connectivity index (χ2v) is 12.3. The maximum atomic E-state index is 14.1. The third-order valence-electron chi connectivity index (χ3n) is 7.69. The molecule has 1 fully saturated rings. The van der Waals surface area contributed by atoms with Gasteiger partial charge in [-0.25, -0.2) is 9.80 Å². The van der Waals surface area contributed by atoms with E-state index >= 15 is 0 Å². The van der Waals surface area contributed by atoms with Gasteiger partial charge in [-0.15, -0.1) is 0 Å². The molecule has 3 atom stereocenters. The number of carbonyl (C=O) groups is 4. The summed E-state index contributed by atoms with van der Waals surface area (Å²) in [7, 11) is 1.63. The lowest BCUT2D eigenvalue weighted by molar-refractivity contribution is -0.143. The third kappa shape index (κ3) is 8.02. The molecule has 4 amide bonds. The molecule has 0 aromatic heterocycles. The molecule has 2 N–H and O–H groups in total. The fourth-order valence-corrected chi connectivity index (χ4v) is 5.55. The summed E-state index contributed by atoms with van der Waals surface area (Å²) in [6, 6.07) is 17.2. The van der Waals surface area contributed by atoms with Gasteiger partial charge < -0.3 is 25.0 Å². The quantitative estimate of drug-likeness (QED) is 0.405. The van der Waals surface area contributed by atoms with Gasteiger partial charge >= 0.3 is 6.09 Å². The first-order valence-electron chi connectivity index (χ1n) is 15.0. The zero-order chi connectivity index (χ0) is 31.9. The molecule has 44 heavy (non-hydrogen) atoms. The summed E-state index contributed by atoms with van der Waals surface area (Å²) in [4.78, 5) is 55.1. The average Bonchev–Trinajstić information content (AvgIpc) is 3.23. The number of hydrogen-bond donors (Lipinski definition) is 2. The molecule has 0 saturated carbocycles. The van der Waals surface area contributed by atoms with E-state index in [4.69, 9.17) is 9.47 Å². The lowest BCUT2D eigenvalue weighted by atomic mass is 9.73. The van der Waals surface area contributed by atoms with Gasteiger partial charge in [-0.1, -0.05) is 67.6 Å². The second kappa shape index (κ2) is 14.0. The van der Waals surface area contributed by atoms with Gasteiger partial charge in [0.1, 0.15) is 23.1 Å². The van der Waals surface area contributed by atoms with E-state index < -0.39 is 35.1 Å². The summed E-state index contributed by atoms with van der Waals surface area (Å²) in [5, 5.41) is 11.3. The Kier molecular flexibility index (Phi) is 10.4. The Morgan fingerprint density at radius 2 is 1.61 bits per heavy atom. The van der Waals surface area contributed by atoms with E-state index in [0.29, 0.717) is 19.4 Å². The van der Waals surface area contributed by atoms with E-state index in [1.807, 2.05) is 60.7 Å². The lowest BCUT2D eigenvalue weighted by Gasteiger charge is -2.40. The zero-order valence-electron chi connectivity index (χ0n) is 26.2. The van der Waals surface area contributed by atoms with Gasteiger partial charge in [0.05, 0.1) is 18.9 Å². The molecule has 236 valence electrons. The number of benzene rings is 2. The molecule has 4 rings (SSSR count).